The molecule has 15 nitrogen and oxygen atoms in total. The predicted octanol–water partition coefficient (Wildman–Crippen LogP) is 2.74. The summed E-state index contributed by atoms with van der Waals surface area (Å²) in [5, 5.41) is 18.2. The first kappa shape index (κ1) is 36.2. The maximum Gasteiger partial charge on any atom is 0.408 e. The van der Waals surface area contributed by atoms with Crippen molar-refractivity contribution in [1.82, 2.24) is 40.5 Å². The van der Waals surface area contributed by atoms with Crippen LogP contribution in [0.1, 0.15) is 73.3 Å². The van der Waals surface area contributed by atoms with Crippen molar-refractivity contribution in [1.29, 1.82) is 0 Å². The Kier molecular flexibility index (Phi) is 9.62. The maximum atomic E-state index is 14.4. The van der Waals surface area contributed by atoms with E-state index in [-0.39, 0.29) is 19.4 Å². The van der Waals surface area contributed by atoms with Crippen molar-refractivity contribution < 1.29 is 32.3 Å². The fourth-order valence-electron chi connectivity index (χ4n) is 5.83. The number of hydrogen-bond acceptors (Lipinski definition) is 10. The molecule has 2 heterocycles. The summed E-state index contributed by atoms with van der Waals surface area (Å²) in [6, 6.07) is 3.96. The number of tetrazole rings is 1. The standard InChI is InChI=1S/C32H43ClN8O7S/c1-8-19-16-32(19,28(44)38-49(46,47)22-13-14-22)35-26(42)23-15-21(41-37-25(36-39-41)18-9-11-20(33)12-10-18)17-40(23)27(43)24(30(2,3)4)34-29(45)48-31(5,6)7/h8-12,19,21-24H,1,13-17H2,2-7H3,(H,34,45)(H,35,42)(H,38,44)/t19-,21-,23+,24-,32-/m1/s1. The monoisotopic (exact) mass is 718 g/mol. The number of hydrogen-bond donors (Lipinski definition) is 3. The fourth-order valence-corrected chi connectivity index (χ4v) is 7.32. The Morgan fingerprint density at radius 3 is 2.31 bits per heavy atom. The van der Waals surface area contributed by atoms with Crippen LogP contribution in [0.15, 0.2) is 36.9 Å². The summed E-state index contributed by atoms with van der Waals surface area (Å²) in [7, 11) is -3.90. The van der Waals surface area contributed by atoms with E-state index >= 15 is 0 Å². The van der Waals surface area contributed by atoms with Crippen LogP contribution in [0.5, 0.6) is 0 Å². The van der Waals surface area contributed by atoms with Gasteiger partial charge in [-0.3, -0.25) is 19.1 Å². The van der Waals surface area contributed by atoms with Crippen LogP contribution in [0.3, 0.4) is 0 Å². The minimum Gasteiger partial charge on any atom is -0.444 e. The number of nitrogens with one attached hydrogen (secondary N) is 3. The summed E-state index contributed by atoms with van der Waals surface area (Å²) in [4.78, 5) is 57.5. The lowest BCUT2D eigenvalue weighted by Crippen LogP contribution is -2.60. The van der Waals surface area contributed by atoms with Gasteiger partial charge in [0.25, 0.3) is 5.91 Å². The molecule has 5 atom stereocenters. The van der Waals surface area contributed by atoms with E-state index in [2.05, 4.69) is 37.3 Å². The number of halogens is 1. The number of amides is 4. The first-order chi connectivity index (χ1) is 22.7. The molecule has 3 fully saturated rings. The third-order valence-corrected chi connectivity index (χ3v) is 10.8. The van der Waals surface area contributed by atoms with E-state index in [0.29, 0.717) is 29.3 Å². The molecule has 5 rings (SSSR count). The van der Waals surface area contributed by atoms with E-state index < -0.39 is 79.7 Å². The molecule has 3 aliphatic rings. The van der Waals surface area contributed by atoms with Crippen LogP contribution >= 0.6 is 11.6 Å². The summed E-state index contributed by atoms with van der Waals surface area (Å²) in [5.41, 5.74) is -2.55. The number of nitrogens with zero attached hydrogens (tertiary/aromatic N) is 5. The molecule has 1 aromatic carbocycles. The molecule has 0 bridgehead atoms. The zero-order chi connectivity index (χ0) is 36.1. The smallest absolute Gasteiger partial charge is 0.408 e. The van der Waals surface area contributed by atoms with E-state index in [9.17, 15) is 27.6 Å². The average Bonchev–Trinajstić information content (AvgIpc) is 3.87. The second kappa shape index (κ2) is 13.0. The summed E-state index contributed by atoms with van der Waals surface area (Å²) in [6.45, 7) is 14.1. The molecule has 4 amide bonds. The van der Waals surface area contributed by atoms with Gasteiger partial charge < -0.3 is 20.3 Å². The molecular formula is C32H43ClN8O7S. The van der Waals surface area contributed by atoms with Crippen molar-refractivity contribution in [3.8, 4) is 11.4 Å². The number of benzene rings is 1. The molecule has 0 unspecified atom stereocenters. The van der Waals surface area contributed by atoms with Gasteiger partial charge in [-0.2, -0.15) is 4.80 Å². The first-order valence-corrected chi connectivity index (χ1v) is 18.0. The molecule has 1 aliphatic heterocycles. The highest BCUT2D eigenvalue weighted by atomic mass is 35.5. The summed E-state index contributed by atoms with van der Waals surface area (Å²) in [5.74, 6) is -2.31. The minimum atomic E-state index is -3.90. The number of aromatic nitrogens is 4. The van der Waals surface area contributed by atoms with E-state index in [0.717, 1.165) is 0 Å². The van der Waals surface area contributed by atoms with Crippen LogP contribution in [0, 0.1) is 11.3 Å². The van der Waals surface area contributed by atoms with Crippen LogP contribution in [-0.4, -0.2) is 92.4 Å². The van der Waals surface area contributed by atoms with E-state index in [1.54, 1.807) is 65.8 Å². The summed E-state index contributed by atoms with van der Waals surface area (Å²) >= 11 is 6.02. The third kappa shape index (κ3) is 8.06. The van der Waals surface area contributed by atoms with Gasteiger partial charge >= 0.3 is 6.09 Å². The van der Waals surface area contributed by atoms with Crippen molar-refractivity contribution in [3.05, 3.63) is 41.9 Å². The zero-order valence-corrected chi connectivity index (χ0v) is 30.0. The second-order valence-corrected chi connectivity index (χ2v) is 17.4. The van der Waals surface area contributed by atoms with Gasteiger partial charge in [0.1, 0.15) is 23.2 Å². The third-order valence-electron chi connectivity index (χ3n) is 8.74. The van der Waals surface area contributed by atoms with E-state index in [1.807, 2.05) is 0 Å². The average molecular weight is 719 g/mol. The van der Waals surface area contributed by atoms with E-state index in [4.69, 9.17) is 16.3 Å². The Morgan fingerprint density at radius 2 is 1.76 bits per heavy atom. The quantitative estimate of drug-likeness (QED) is 0.308. The number of carbonyl (C=O) groups excluding carboxylic acids is 4. The van der Waals surface area contributed by atoms with Gasteiger partial charge in [0.05, 0.1) is 11.3 Å². The molecule has 2 aliphatic carbocycles. The molecule has 2 aromatic rings. The molecule has 0 spiro atoms. The number of likely N-dealkylation sites (tertiary alicyclic amines) is 1. The van der Waals surface area contributed by atoms with Gasteiger partial charge in [-0.15, -0.1) is 16.8 Å². The maximum absolute atomic E-state index is 14.4. The SMILES string of the molecule is C=C[C@@H]1C[C@]1(NC(=O)[C@@H]1C[C@@H](n2nnc(-c3ccc(Cl)cc3)n2)CN1C(=O)[C@@H](NC(=O)OC(C)(C)C)C(C)(C)C)C(=O)NS(=O)(=O)C1CC1. The Bertz CT molecular complexity index is 1750. The van der Waals surface area contributed by atoms with Gasteiger partial charge in [-0.1, -0.05) is 38.4 Å². The number of carbonyl (C=O) groups is 4. The Labute approximate surface area is 290 Å². The van der Waals surface area contributed by atoms with Crippen LogP contribution in [-0.2, 0) is 29.1 Å². The summed E-state index contributed by atoms with van der Waals surface area (Å²) < 4.78 is 32.8. The van der Waals surface area contributed by atoms with Crippen molar-refractivity contribution >= 4 is 45.4 Å². The first-order valence-electron chi connectivity index (χ1n) is 16.1. The number of sulfonamides is 1. The van der Waals surface area contributed by atoms with Crippen molar-refractivity contribution in [2.45, 2.75) is 102 Å². The topological polar surface area (TPSA) is 195 Å². The van der Waals surface area contributed by atoms with Crippen LogP contribution in [0.4, 0.5) is 4.79 Å². The molecule has 1 saturated heterocycles. The molecule has 1 aromatic heterocycles. The van der Waals surface area contributed by atoms with Crippen LogP contribution in [0.25, 0.3) is 11.4 Å². The number of rotatable bonds is 10. The Balaban J connectivity index is 1.44. The summed E-state index contributed by atoms with van der Waals surface area (Å²) in [6.07, 6.45) is 1.77. The van der Waals surface area contributed by atoms with Crippen molar-refractivity contribution in [3.63, 3.8) is 0 Å². The molecule has 266 valence electrons. The molecule has 49 heavy (non-hydrogen) atoms. The number of ether oxygens (including phenoxy) is 1. The highest BCUT2D eigenvalue weighted by Crippen LogP contribution is 2.45. The lowest BCUT2D eigenvalue weighted by atomic mass is 9.85. The lowest BCUT2D eigenvalue weighted by molar-refractivity contribution is -0.143. The highest BCUT2D eigenvalue weighted by molar-refractivity contribution is 7.91. The normalized spacial score (nSPS) is 24.5. The van der Waals surface area contributed by atoms with Gasteiger partial charge in [0, 0.05) is 29.5 Å². The van der Waals surface area contributed by atoms with E-state index in [1.165, 1.54) is 15.8 Å². The predicted molar refractivity (Wildman–Crippen MR) is 179 cm³/mol. The molecule has 0 radical (unpaired) electrons. The van der Waals surface area contributed by atoms with Gasteiger partial charge in [-0.25, -0.2) is 13.2 Å². The lowest BCUT2D eigenvalue weighted by Gasteiger charge is -2.36. The molecule has 17 heteroatoms. The fraction of sp³-hybridized carbons (Fsp3) is 0.594. The van der Waals surface area contributed by atoms with Gasteiger partial charge in [0.2, 0.25) is 27.7 Å². The molecule has 2 saturated carbocycles. The van der Waals surface area contributed by atoms with Crippen LogP contribution < -0.4 is 15.4 Å². The van der Waals surface area contributed by atoms with Crippen molar-refractivity contribution in [2.75, 3.05) is 6.54 Å². The number of alkyl carbamates (subject to hydrolysis) is 1. The molecule has 3 N–H and O–H groups in total. The minimum absolute atomic E-state index is 0.0317. The molecular weight excluding hydrogens is 676 g/mol. The highest BCUT2D eigenvalue weighted by Gasteiger charge is 2.62. The largest absolute Gasteiger partial charge is 0.444 e. The van der Waals surface area contributed by atoms with Gasteiger partial charge in [0.15, 0.2) is 0 Å². The van der Waals surface area contributed by atoms with Gasteiger partial charge in [-0.05, 0) is 74.9 Å². The van der Waals surface area contributed by atoms with Crippen LogP contribution in [0.2, 0.25) is 5.02 Å². The zero-order valence-electron chi connectivity index (χ0n) is 28.4. The van der Waals surface area contributed by atoms with Crippen molar-refractivity contribution in [2.24, 2.45) is 11.3 Å². The Morgan fingerprint density at radius 1 is 1.10 bits per heavy atom. The Hall–Kier alpha value is -4.05. The second-order valence-electron chi connectivity index (χ2n) is 15.0.